The van der Waals surface area contributed by atoms with Crippen molar-refractivity contribution in [2.24, 2.45) is 5.92 Å². The summed E-state index contributed by atoms with van der Waals surface area (Å²) in [4.78, 5) is 15.3. The van der Waals surface area contributed by atoms with Crippen molar-refractivity contribution in [1.29, 1.82) is 0 Å². The fourth-order valence-corrected chi connectivity index (χ4v) is 1.90. The van der Waals surface area contributed by atoms with Crippen molar-refractivity contribution in [2.75, 3.05) is 0 Å². The first-order valence-corrected chi connectivity index (χ1v) is 6.80. The van der Waals surface area contributed by atoms with Crippen molar-refractivity contribution >= 4 is 17.6 Å². The fraction of sp³-hybridized carbons (Fsp3) is 0.357. The van der Waals surface area contributed by atoms with Crippen molar-refractivity contribution in [1.82, 2.24) is 10.1 Å². The number of hydrogen-bond acceptors (Lipinski definition) is 5. The fourth-order valence-electron chi connectivity index (χ4n) is 1.73. The van der Waals surface area contributed by atoms with E-state index in [1.807, 2.05) is 0 Å². The van der Waals surface area contributed by atoms with Gasteiger partial charge in [-0.15, -0.1) is 0 Å². The van der Waals surface area contributed by atoms with Gasteiger partial charge >= 0.3 is 5.97 Å². The summed E-state index contributed by atoms with van der Waals surface area (Å²) in [5.41, 5.74) is -0.00980. The number of benzene rings is 1. The minimum Gasteiger partial charge on any atom is -0.483 e. The Bertz CT molecular complexity index is 640. The third-order valence-electron chi connectivity index (χ3n) is 2.62. The molecule has 1 N–H and O–H groups in total. The minimum absolute atomic E-state index is 0.00695. The van der Waals surface area contributed by atoms with Crippen molar-refractivity contribution in [3.05, 3.63) is 40.5 Å². The highest BCUT2D eigenvalue weighted by atomic mass is 35.5. The third-order valence-corrected chi connectivity index (χ3v) is 2.86. The summed E-state index contributed by atoms with van der Waals surface area (Å²) in [6, 6.07) is 4.38. The molecule has 21 heavy (non-hydrogen) atoms. The lowest BCUT2D eigenvalue weighted by Crippen LogP contribution is -2.04. The van der Waals surface area contributed by atoms with Gasteiger partial charge in [-0.1, -0.05) is 30.6 Å². The quantitative estimate of drug-likeness (QED) is 0.881. The van der Waals surface area contributed by atoms with Gasteiger partial charge in [0.15, 0.2) is 12.4 Å². The van der Waals surface area contributed by atoms with Gasteiger partial charge in [0.1, 0.15) is 11.3 Å². The van der Waals surface area contributed by atoms with E-state index in [0.29, 0.717) is 29.1 Å². The molecule has 0 aliphatic rings. The van der Waals surface area contributed by atoms with Crippen LogP contribution in [0.15, 0.2) is 22.7 Å². The molecule has 1 heterocycles. The summed E-state index contributed by atoms with van der Waals surface area (Å²) in [5, 5.41) is 13.3. The lowest BCUT2D eigenvalue weighted by Gasteiger charge is -2.07. The molecule has 0 aliphatic heterocycles. The second kappa shape index (κ2) is 6.58. The van der Waals surface area contributed by atoms with E-state index in [2.05, 4.69) is 24.0 Å². The average Bonchev–Trinajstić information content (AvgIpc) is 2.83. The zero-order valence-electron chi connectivity index (χ0n) is 11.7. The Balaban J connectivity index is 2.06. The number of ether oxygens (including phenoxy) is 1. The number of carbonyl (C=O) groups is 1. The molecule has 0 atom stereocenters. The van der Waals surface area contributed by atoms with Crippen molar-refractivity contribution < 1.29 is 19.2 Å². The van der Waals surface area contributed by atoms with E-state index in [4.69, 9.17) is 26.0 Å². The maximum atomic E-state index is 11.1. The number of hydrogen-bond donors (Lipinski definition) is 1. The average molecular weight is 311 g/mol. The Morgan fingerprint density at radius 1 is 1.48 bits per heavy atom. The second-order valence-electron chi connectivity index (χ2n) is 4.94. The monoisotopic (exact) mass is 310 g/mol. The van der Waals surface area contributed by atoms with Gasteiger partial charge in [-0.05, 0) is 24.1 Å². The van der Waals surface area contributed by atoms with E-state index in [-0.39, 0.29) is 17.9 Å². The summed E-state index contributed by atoms with van der Waals surface area (Å²) in [5.74, 6) is 0.426. The zero-order valence-corrected chi connectivity index (χ0v) is 12.4. The highest BCUT2D eigenvalue weighted by molar-refractivity contribution is 6.31. The number of halogens is 1. The molecule has 0 spiro atoms. The van der Waals surface area contributed by atoms with E-state index in [0.717, 1.165) is 0 Å². The molecule has 0 saturated heterocycles. The Morgan fingerprint density at radius 2 is 2.24 bits per heavy atom. The molecule has 0 bridgehead atoms. The Morgan fingerprint density at radius 3 is 2.90 bits per heavy atom. The number of rotatable bonds is 6. The molecule has 0 fully saturated rings. The standard InChI is InChI=1S/C14H15ClN2O4/c1-8(2)5-12-16-13(21-17-12)7-20-11-4-3-9(15)6-10(11)14(18)19/h3-4,6,8H,5,7H2,1-2H3,(H,18,19). The van der Waals surface area contributed by atoms with E-state index in [1.165, 1.54) is 12.1 Å². The molecule has 0 unspecified atom stereocenters. The van der Waals surface area contributed by atoms with Gasteiger partial charge in [0.25, 0.3) is 5.89 Å². The lowest BCUT2D eigenvalue weighted by molar-refractivity contribution is 0.0691. The van der Waals surface area contributed by atoms with Crippen LogP contribution in [0.5, 0.6) is 5.75 Å². The van der Waals surface area contributed by atoms with Gasteiger partial charge in [-0.2, -0.15) is 4.98 Å². The molecule has 112 valence electrons. The number of carboxylic acids is 1. The van der Waals surface area contributed by atoms with Crippen LogP contribution in [-0.4, -0.2) is 21.2 Å². The number of aromatic carboxylic acids is 1. The summed E-state index contributed by atoms with van der Waals surface area (Å²) < 4.78 is 10.5. The SMILES string of the molecule is CC(C)Cc1noc(COc2ccc(Cl)cc2C(=O)O)n1. The molecule has 0 aliphatic carbocycles. The largest absolute Gasteiger partial charge is 0.483 e. The third kappa shape index (κ3) is 4.19. The molecule has 2 aromatic rings. The first-order valence-electron chi connectivity index (χ1n) is 6.43. The molecule has 0 amide bonds. The molecule has 2 rings (SSSR count). The second-order valence-corrected chi connectivity index (χ2v) is 5.37. The molecule has 0 radical (unpaired) electrons. The summed E-state index contributed by atoms with van der Waals surface area (Å²) in [6.07, 6.45) is 0.713. The van der Waals surface area contributed by atoms with Gasteiger partial charge in [-0.3, -0.25) is 0 Å². The maximum absolute atomic E-state index is 11.1. The highest BCUT2D eigenvalue weighted by Gasteiger charge is 2.14. The van der Waals surface area contributed by atoms with E-state index < -0.39 is 5.97 Å². The molecular weight excluding hydrogens is 296 g/mol. The topological polar surface area (TPSA) is 85.5 Å². The Hall–Kier alpha value is -2.08. The zero-order chi connectivity index (χ0) is 15.4. The lowest BCUT2D eigenvalue weighted by atomic mass is 10.1. The minimum atomic E-state index is -1.11. The van der Waals surface area contributed by atoms with Crippen molar-refractivity contribution in [2.45, 2.75) is 26.9 Å². The predicted octanol–water partition coefficient (Wildman–Crippen LogP) is 3.20. The first-order chi connectivity index (χ1) is 9.95. The van der Waals surface area contributed by atoms with Crippen LogP contribution in [0, 0.1) is 5.92 Å². The van der Waals surface area contributed by atoms with Gasteiger partial charge in [0.2, 0.25) is 0 Å². The van der Waals surface area contributed by atoms with Crippen LogP contribution in [0.4, 0.5) is 0 Å². The Kier molecular flexibility index (Phi) is 4.80. The normalized spacial score (nSPS) is 10.9. The highest BCUT2D eigenvalue weighted by Crippen LogP contribution is 2.23. The van der Waals surface area contributed by atoms with Crippen LogP contribution >= 0.6 is 11.6 Å². The van der Waals surface area contributed by atoms with Crippen molar-refractivity contribution in [3.8, 4) is 5.75 Å². The van der Waals surface area contributed by atoms with Crippen LogP contribution in [0.1, 0.15) is 35.9 Å². The van der Waals surface area contributed by atoms with Crippen LogP contribution in [0.2, 0.25) is 5.02 Å². The van der Waals surface area contributed by atoms with Crippen LogP contribution in [-0.2, 0) is 13.0 Å². The predicted molar refractivity (Wildman–Crippen MR) is 75.6 cm³/mol. The smallest absolute Gasteiger partial charge is 0.339 e. The summed E-state index contributed by atoms with van der Waals surface area (Å²) in [6.45, 7) is 4.12. The van der Waals surface area contributed by atoms with E-state index >= 15 is 0 Å². The Labute approximate surface area is 126 Å². The van der Waals surface area contributed by atoms with E-state index in [9.17, 15) is 4.79 Å². The molecule has 1 aromatic carbocycles. The van der Waals surface area contributed by atoms with Crippen LogP contribution in [0.25, 0.3) is 0 Å². The first kappa shape index (κ1) is 15.3. The molecule has 0 saturated carbocycles. The molecule has 1 aromatic heterocycles. The van der Waals surface area contributed by atoms with E-state index in [1.54, 1.807) is 6.07 Å². The number of carboxylic acid groups (broad SMARTS) is 1. The van der Waals surface area contributed by atoms with Gasteiger partial charge < -0.3 is 14.4 Å². The number of aromatic nitrogens is 2. The number of nitrogens with zero attached hydrogens (tertiary/aromatic N) is 2. The van der Waals surface area contributed by atoms with Crippen molar-refractivity contribution in [3.63, 3.8) is 0 Å². The maximum Gasteiger partial charge on any atom is 0.339 e. The molecule has 6 nitrogen and oxygen atoms in total. The molecule has 7 heteroatoms. The van der Waals surface area contributed by atoms with Gasteiger partial charge in [0.05, 0.1) is 0 Å². The van der Waals surface area contributed by atoms with Gasteiger partial charge in [0, 0.05) is 11.4 Å². The van der Waals surface area contributed by atoms with Crippen LogP contribution < -0.4 is 4.74 Å². The summed E-state index contributed by atoms with van der Waals surface area (Å²) >= 11 is 5.77. The van der Waals surface area contributed by atoms with Crippen LogP contribution in [0.3, 0.4) is 0 Å². The molecular formula is C14H15ClN2O4. The summed E-state index contributed by atoms with van der Waals surface area (Å²) in [7, 11) is 0. The van der Waals surface area contributed by atoms with Gasteiger partial charge in [-0.25, -0.2) is 4.79 Å².